The minimum atomic E-state index is 0.487. The minimum absolute atomic E-state index is 0.487. The molecule has 2 aromatic rings. The first-order chi connectivity index (χ1) is 12.7. The summed E-state index contributed by atoms with van der Waals surface area (Å²) in [4.78, 5) is 14.2. The molecule has 26 heavy (non-hydrogen) atoms. The molecule has 2 unspecified atom stereocenters. The van der Waals surface area contributed by atoms with E-state index in [1.54, 1.807) is 6.33 Å². The first-order valence-electron chi connectivity index (χ1n) is 9.75. The van der Waals surface area contributed by atoms with Gasteiger partial charge in [-0.15, -0.1) is 0 Å². The van der Waals surface area contributed by atoms with Crippen molar-refractivity contribution in [2.24, 2.45) is 5.92 Å². The number of nitrogens with one attached hydrogen (secondary N) is 1. The third kappa shape index (κ3) is 3.60. The van der Waals surface area contributed by atoms with Crippen LogP contribution in [0.1, 0.15) is 30.2 Å². The molecule has 5 heteroatoms. The number of fused-ring (bicyclic) bond motifs is 1. The zero-order valence-corrected chi connectivity index (χ0v) is 15.9. The van der Waals surface area contributed by atoms with Gasteiger partial charge in [0.2, 0.25) is 0 Å². The van der Waals surface area contributed by atoms with Crippen LogP contribution < -0.4 is 10.2 Å². The molecule has 0 radical (unpaired) electrons. The highest BCUT2D eigenvalue weighted by molar-refractivity contribution is 5.50. The molecular formula is C21H29N5. The van der Waals surface area contributed by atoms with E-state index in [-0.39, 0.29) is 0 Å². The third-order valence-electron chi connectivity index (χ3n) is 5.94. The first kappa shape index (κ1) is 17.4. The van der Waals surface area contributed by atoms with Crippen LogP contribution in [-0.2, 0) is 19.5 Å². The van der Waals surface area contributed by atoms with Crippen molar-refractivity contribution in [3.63, 3.8) is 0 Å². The van der Waals surface area contributed by atoms with Crippen molar-refractivity contribution in [3.05, 3.63) is 53.5 Å². The number of rotatable bonds is 4. The summed E-state index contributed by atoms with van der Waals surface area (Å²) in [7, 11) is 2.22. The smallest absolute Gasteiger partial charge is 0.135 e. The van der Waals surface area contributed by atoms with Gasteiger partial charge in [0.05, 0.1) is 5.69 Å². The first-order valence-corrected chi connectivity index (χ1v) is 9.75. The quantitative estimate of drug-likeness (QED) is 0.917. The van der Waals surface area contributed by atoms with Gasteiger partial charge in [-0.2, -0.15) is 0 Å². The normalized spacial score (nSPS) is 23.5. The maximum atomic E-state index is 4.68. The second-order valence-corrected chi connectivity index (χ2v) is 7.71. The van der Waals surface area contributed by atoms with Crippen LogP contribution in [0.4, 0.5) is 5.82 Å². The molecule has 0 spiro atoms. The van der Waals surface area contributed by atoms with Crippen molar-refractivity contribution in [2.75, 3.05) is 31.6 Å². The molecule has 2 aliphatic rings. The Labute approximate surface area is 156 Å². The Morgan fingerprint density at radius 2 is 2.08 bits per heavy atom. The van der Waals surface area contributed by atoms with E-state index in [0.29, 0.717) is 12.0 Å². The van der Waals surface area contributed by atoms with Gasteiger partial charge in [-0.3, -0.25) is 4.90 Å². The summed E-state index contributed by atoms with van der Waals surface area (Å²) < 4.78 is 0. The summed E-state index contributed by atoms with van der Waals surface area (Å²) in [5.41, 5.74) is 3.90. The number of nitrogens with zero attached hydrogens (tertiary/aromatic N) is 4. The average Bonchev–Trinajstić information content (AvgIpc) is 2.69. The van der Waals surface area contributed by atoms with Crippen LogP contribution in [0.5, 0.6) is 0 Å². The van der Waals surface area contributed by atoms with Crippen LogP contribution in [0.25, 0.3) is 0 Å². The van der Waals surface area contributed by atoms with Crippen molar-refractivity contribution >= 4 is 5.82 Å². The maximum Gasteiger partial charge on any atom is 0.135 e. The van der Waals surface area contributed by atoms with Crippen molar-refractivity contribution in [1.82, 2.24) is 20.2 Å². The summed E-state index contributed by atoms with van der Waals surface area (Å²) >= 11 is 0. The fraction of sp³-hybridized carbons (Fsp3) is 0.524. The lowest BCUT2D eigenvalue weighted by Gasteiger charge is -2.43. The number of hydrogen-bond donors (Lipinski definition) is 1. The van der Waals surface area contributed by atoms with Gasteiger partial charge in [0.1, 0.15) is 12.1 Å². The molecule has 0 saturated carbocycles. The lowest BCUT2D eigenvalue weighted by Crippen LogP contribution is -2.51. The summed E-state index contributed by atoms with van der Waals surface area (Å²) in [5, 5.41) is 3.41. The molecule has 0 amide bonds. The van der Waals surface area contributed by atoms with Crippen LogP contribution in [0, 0.1) is 5.92 Å². The molecule has 1 saturated heterocycles. The topological polar surface area (TPSA) is 44.3 Å². The van der Waals surface area contributed by atoms with Crippen molar-refractivity contribution < 1.29 is 0 Å². The number of hydrogen-bond acceptors (Lipinski definition) is 5. The molecule has 5 nitrogen and oxygen atoms in total. The maximum absolute atomic E-state index is 4.68. The number of benzene rings is 1. The SMILES string of the molecule is CC1CCN(Cc2ccccc2)CC1N(C)c1ncnc2c1CCNC2. The van der Waals surface area contributed by atoms with Crippen molar-refractivity contribution in [2.45, 2.75) is 38.9 Å². The van der Waals surface area contributed by atoms with E-state index in [4.69, 9.17) is 0 Å². The van der Waals surface area contributed by atoms with E-state index in [0.717, 1.165) is 44.1 Å². The molecular weight excluding hydrogens is 322 g/mol. The zero-order chi connectivity index (χ0) is 17.9. The van der Waals surface area contributed by atoms with Crippen molar-refractivity contribution in [3.8, 4) is 0 Å². The Hall–Kier alpha value is -1.98. The highest BCUT2D eigenvalue weighted by Gasteiger charge is 2.31. The molecule has 2 aliphatic heterocycles. The molecule has 2 atom stereocenters. The van der Waals surface area contributed by atoms with Crippen LogP contribution in [0.2, 0.25) is 0 Å². The van der Waals surface area contributed by atoms with E-state index < -0.39 is 0 Å². The highest BCUT2D eigenvalue weighted by atomic mass is 15.3. The number of aromatic nitrogens is 2. The Kier molecular flexibility index (Phi) is 5.18. The predicted octanol–water partition coefficient (Wildman–Crippen LogP) is 2.47. The van der Waals surface area contributed by atoms with E-state index in [9.17, 15) is 0 Å². The molecule has 1 N–H and O–H groups in total. The van der Waals surface area contributed by atoms with Gasteiger partial charge in [-0.05, 0) is 37.4 Å². The van der Waals surface area contributed by atoms with Gasteiger partial charge in [0, 0.05) is 38.3 Å². The van der Waals surface area contributed by atoms with Gasteiger partial charge < -0.3 is 10.2 Å². The van der Waals surface area contributed by atoms with Crippen LogP contribution in [0.15, 0.2) is 36.7 Å². The second kappa shape index (κ2) is 7.72. The number of piperidine rings is 1. The average molecular weight is 351 g/mol. The summed E-state index contributed by atoms with van der Waals surface area (Å²) in [6, 6.07) is 11.3. The molecule has 1 aromatic carbocycles. The lowest BCUT2D eigenvalue weighted by molar-refractivity contribution is 0.159. The molecule has 3 heterocycles. The van der Waals surface area contributed by atoms with Crippen LogP contribution >= 0.6 is 0 Å². The predicted molar refractivity (Wildman–Crippen MR) is 105 cm³/mol. The Balaban J connectivity index is 1.52. The van der Waals surface area contributed by atoms with Gasteiger partial charge in [-0.25, -0.2) is 9.97 Å². The van der Waals surface area contributed by atoms with Gasteiger partial charge in [-0.1, -0.05) is 37.3 Å². The summed E-state index contributed by atoms with van der Waals surface area (Å²) in [6.07, 6.45) is 3.98. The van der Waals surface area contributed by atoms with Gasteiger partial charge >= 0.3 is 0 Å². The number of likely N-dealkylation sites (N-methyl/N-ethyl adjacent to an activating group) is 1. The number of likely N-dealkylation sites (tertiary alicyclic amines) is 1. The molecule has 4 rings (SSSR count). The van der Waals surface area contributed by atoms with E-state index in [1.165, 1.54) is 24.1 Å². The Bertz CT molecular complexity index is 732. The third-order valence-corrected chi connectivity index (χ3v) is 5.94. The van der Waals surface area contributed by atoms with Crippen molar-refractivity contribution in [1.29, 1.82) is 0 Å². The molecule has 1 aromatic heterocycles. The van der Waals surface area contributed by atoms with Gasteiger partial charge in [0.15, 0.2) is 0 Å². The van der Waals surface area contributed by atoms with Gasteiger partial charge in [0.25, 0.3) is 0 Å². The monoisotopic (exact) mass is 351 g/mol. The Morgan fingerprint density at radius 3 is 2.92 bits per heavy atom. The summed E-state index contributed by atoms with van der Waals surface area (Å²) in [5.74, 6) is 1.80. The van der Waals surface area contributed by atoms with E-state index >= 15 is 0 Å². The van der Waals surface area contributed by atoms with E-state index in [1.807, 2.05) is 0 Å². The fourth-order valence-electron chi connectivity index (χ4n) is 4.33. The summed E-state index contributed by atoms with van der Waals surface area (Å²) in [6.45, 7) is 7.55. The fourth-order valence-corrected chi connectivity index (χ4v) is 4.33. The number of anilines is 1. The highest BCUT2D eigenvalue weighted by Crippen LogP contribution is 2.29. The largest absolute Gasteiger partial charge is 0.355 e. The standard InChI is InChI=1S/C21H29N5/c1-16-9-11-26(13-17-6-4-3-5-7-17)14-20(16)25(2)21-18-8-10-22-12-19(18)23-15-24-21/h3-7,15-16,20,22H,8-14H2,1-2H3. The molecule has 138 valence electrons. The second-order valence-electron chi connectivity index (χ2n) is 7.71. The molecule has 0 bridgehead atoms. The lowest BCUT2D eigenvalue weighted by atomic mass is 9.91. The van der Waals surface area contributed by atoms with E-state index in [2.05, 4.69) is 69.4 Å². The van der Waals surface area contributed by atoms with Crippen LogP contribution in [0.3, 0.4) is 0 Å². The Morgan fingerprint density at radius 1 is 1.23 bits per heavy atom. The molecule has 1 fully saturated rings. The zero-order valence-electron chi connectivity index (χ0n) is 15.9. The molecule has 0 aliphatic carbocycles. The van der Waals surface area contributed by atoms with Crippen LogP contribution in [-0.4, -0.2) is 47.6 Å². The minimum Gasteiger partial charge on any atom is -0.355 e.